The van der Waals surface area contributed by atoms with Crippen molar-refractivity contribution in [3.63, 3.8) is 0 Å². The van der Waals surface area contributed by atoms with E-state index in [0.29, 0.717) is 16.4 Å². The minimum atomic E-state index is 0.0249. The van der Waals surface area contributed by atoms with Crippen LogP contribution in [0, 0.1) is 11.7 Å². The monoisotopic (exact) mass is 346 g/mol. The second kappa shape index (κ2) is 7.17. The number of aromatic amines is 1. The zero-order chi connectivity index (χ0) is 17.1. The van der Waals surface area contributed by atoms with E-state index in [4.69, 9.17) is 16.6 Å². The highest BCUT2D eigenvalue weighted by Crippen LogP contribution is 2.27. The van der Waals surface area contributed by atoms with Crippen LogP contribution < -0.4 is 0 Å². The van der Waals surface area contributed by atoms with Crippen LogP contribution in [0.15, 0.2) is 22.6 Å². The van der Waals surface area contributed by atoms with E-state index in [1.54, 1.807) is 12.2 Å². The van der Waals surface area contributed by atoms with Crippen LogP contribution in [0.25, 0.3) is 6.08 Å². The number of hydrogen-bond acceptors (Lipinski definition) is 4. The normalized spacial score (nSPS) is 16.2. The standard InChI is InChI=1S/C17H22N4O2S/c1-3-21-16(18-19-17(21)24)13-8-10-20(11-9-13)15(22)7-6-14-5-4-12(2)23-14/h4-7,13H,3,8-11H2,1-2H3,(H,19,24)/b7-6+. The Hall–Kier alpha value is -2.15. The molecular weight excluding hydrogens is 324 g/mol. The number of rotatable bonds is 4. The quantitative estimate of drug-likeness (QED) is 0.681. The number of H-pyrrole nitrogens is 1. The molecule has 0 aromatic carbocycles. The zero-order valence-corrected chi connectivity index (χ0v) is 14.8. The number of nitrogens with one attached hydrogen (secondary N) is 1. The molecule has 3 rings (SSSR count). The summed E-state index contributed by atoms with van der Waals surface area (Å²) >= 11 is 5.25. The van der Waals surface area contributed by atoms with Crippen molar-refractivity contribution in [1.82, 2.24) is 19.7 Å². The summed E-state index contributed by atoms with van der Waals surface area (Å²) in [7, 11) is 0. The van der Waals surface area contributed by atoms with E-state index >= 15 is 0 Å². The summed E-state index contributed by atoms with van der Waals surface area (Å²) < 4.78 is 8.15. The maximum absolute atomic E-state index is 12.3. The van der Waals surface area contributed by atoms with Crippen molar-refractivity contribution < 1.29 is 9.21 Å². The first-order chi connectivity index (χ1) is 11.6. The Labute approximate surface area is 146 Å². The van der Waals surface area contributed by atoms with Gasteiger partial charge in [0, 0.05) is 31.6 Å². The second-order valence-electron chi connectivity index (χ2n) is 6.01. The van der Waals surface area contributed by atoms with Crippen molar-refractivity contribution in [3.05, 3.63) is 40.3 Å². The average molecular weight is 346 g/mol. The molecule has 2 aromatic heterocycles. The molecule has 0 atom stereocenters. The highest BCUT2D eigenvalue weighted by molar-refractivity contribution is 7.71. The molecule has 0 aliphatic carbocycles. The molecule has 24 heavy (non-hydrogen) atoms. The Kier molecular flexibility index (Phi) is 4.99. The highest BCUT2D eigenvalue weighted by Gasteiger charge is 2.26. The minimum absolute atomic E-state index is 0.0249. The minimum Gasteiger partial charge on any atom is -0.462 e. The van der Waals surface area contributed by atoms with E-state index in [9.17, 15) is 4.79 Å². The molecule has 3 heterocycles. The van der Waals surface area contributed by atoms with E-state index in [2.05, 4.69) is 17.1 Å². The Balaban J connectivity index is 1.59. The van der Waals surface area contributed by atoms with Crippen molar-refractivity contribution in [2.45, 2.75) is 39.2 Å². The summed E-state index contributed by atoms with van der Waals surface area (Å²) in [6.45, 7) is 6.22. The molecule has 1 aliphatic heterocycles. The Morgan fingerprint density at radius 1 is 1.46 bits per heavy atom. The van der Waals surface area contributed by atoms with Gasteiger partial charge in [-0.05, 0) is 57.1 Å². The van der Waals surface area contributed by atoms with Crippen LogP contribution in [-0.4, -0.2) is 38.7 Å². The van der Waals surface area contributed by atoms with E-state index < -0.39 is 0 Å². The molecule has 0 radical (unpaired) electrons. The van der Waals surface area contributed by atoms with Gasteiger partial charge >= 0.3 is 0 Å². The van der Waals surface area contributed by atoms with Gasteiger partial charge < -0.3 is 13.9 Å². The zero-order valence-electron chi connectivity index (χ0n) is 14.0. The molecule has 1 N–H and O–H groups in total. The van der Waals surface area contributed by atoms with E-state index in [0.717, 1.165) is 44.1 Å². The third-order valence-electron chi connectivity index (χ3n) is 4.43. The maximum atomic E-state index is 12.3. The average Bonchev–Trinajstić information content (AvgIpc) is 3.18. The molecule has 0 saturated carbocycles. The van der Waals surface area contributed by atoms with Crippen LogP contribution in [0.3, 0.4) is 0 Å². The highest BCUT2D eigenvalue weighted by atomic mass is 32.1. The van der Waals surface area contributed by atoms with Gasteiger partial charge in [0.2, 0.25) is 5.91 Å². The molecule has 128 valence electrons. The third-order valence-corrected chi connectivity index (χ3v) is 4.74. The molecule has 2 aromatic rings. The lowest BCUT2D eigenvalue weighted by Crippen LogP contribution is -2.37. The number of hydrogen-bond donors (Lipinski definition) is 1. The van der Waals surface area contributed by atoms with Gasteiger partial charge in [0.15, 0.2) is 4.77 Å². The molecule has 0 spiro atoms. The predicted octanol–water partition coefficient (Wildman–Crippen LogP) is 3.28. The maximum Gasteiger partial charge on any atom is 0.246 e. The summed E-state index contributed by atoms with van der Waals surface area (Å²) in [4.78, 5) is 14.2. The lowest BCUT2D eigenvalue weighted by atomic mass is 9.96. The smallest absolute Gasteiger partial charge is 0.246 e. The van der Waals surface area contributed by atoms with Crippen LogP contribution in [0.1, 0.15) is 43.0 Å². The van der Waals surface area contributed by atoms with Crippen LogP contribution >= 0.6 is 12.2 Å². The first-order valence-electron chi connectivity index (χ1n) is 8.27. The van der Waals surface area contributed by atoms with Gasteiger partial charge in [-0.3, -0.25) is 9.89 Å². The molecule has 1 aliphatic rings. The van der Waals surface area contributed by atoms with Gasteiger partial charge in [0.05, 0.1) is 0 Å². The molecule has 1 saturated heterocycles. The fraction of sp³-hybridized carbons (Fsp3) is 0.471. The first-order valence-corrected chi connectivity index (χ1v) is 8.68. The first kappa shape index (κ1) is 16.7. The number of carbonyl (C=O) groups is 1. The van der Waals surface area contributed by atoms with Gasteiger partial charge in [-0.15, -0.1) is 0 Å². The molecule has 0 bridgehead atoms. The molecule has 7 heteroatoms. The van der Waals surface area contributed by atoms with E-state index in [1.165, 1.54) is 0 Å². The lowest BCUT2D eigenvalue weighted by Gasteiger charge is -2.30. The van der Waals surface area contributed by atoms with Gasteiger partial charge in [0.1, 0.15) is 17.3 Å². The number of aryl methyl sites for hydroxylation is 1. The molecule has 6 nitrogen and oxygen atoms in total. The van der Waals surface area contributed by atoms with Crippen LogP contribution in [0.2, 0.25) is 0 Å². The van der Waals surface area contributed by atoms with Crippen molar-refractivity contribution in [1.29, 1.82) is 0 Å². The number of furan rings is 1. The summed E-state index contributed by atoms with van der Waals surface area (Å²) in [6.07, 6.45) is 5.11. The Bertz CT molecular complexity index is 794. The largest absolute Gasteiger partial charge is 0.462 e. The lowest BCUT2D eigenvalue weighted by molar-refractivity contribution is -0.127. The Morgan fingerprint density at radius 3 is 2.83 bits per heavy atom. The predicted molar refractivity (Wildman–Crippen MR) is 94.1 cm³/mol. The topological polar surface area (TPSA) is 67.1 Å². The second-order valence-corrected chi connectivity index (χ2v) is 6.40. The number of carbonyl (C=O) groups excluding carboxylic acids is 1. The van der Waals surface area contributed by atoms with Crippen molar-refractivity contribution in [3.8, 4) is 0 Å². The summed E-state index contributed by atoms with van der Waals surface area (Å²) in [5, 5.41) is 7.25. The summed E-state index contributed by atoms with van der Waals surface area (Å²) in [5.74, 6) is 2.92. The summed E-state index contributed by atoms with van der Waals surface area (Å²) in [6, 6.07) is 3.74. The van der Waals surface area contributed by atoms with Crippen LogP contribution in [0.4, 0.5) is 0 Å². The van der Waals surface area contributed by atoms with Gasteiger partial charge in [-0.1, -0.05) is 0 Å². The van der Waals surface area contributed by atoms with Gasteiger partial charge in [0.25, 0.3) is 0 Å². The fourth-order valence-corrected chi connectivity index (χ4v) is 3.38. The van der Waals surface area contributed by atoms with Crippen LogP contribution in [-0.2, 0) is 11.3 Å². The van der Waals surface area contributed by atoms with Crippen LogP contribution in [0.5, 0.6) is 0 Å². The molecule has 1 fully saturated rings. The molecule has 0 unspecified atom stereocenters. The number of amides is 1. The number of nitrogens with zero attached hydrogens (tertiary/aromatic N) is 3. The van der Waals surface area contributed by atoms with E-state index in [1.807, 2.05) is 28.5 Å². The number of piperidine rings is 1. The SMILES string of the molecule is CCn1c(C2CCN(C(=O)/C=C/c3ccc(C)o3)CC2)n[nH]c1=S. The Morgan fingerprint density at radius 2 is 2.21 bits per heavy atom. The number of aromatic nitrogens is 3. The van der Waals surface area contributed by atoms with E-state index in [-0.39, 0.29) is 5.91 Å². The van der Waals surface area contributed by atoms with Crippen molar-refractivity contribution in [2.75, 3.05) is 13.1 Å². The van der Waals surface area contributed by atoms with Crippen molar-refractivity contribution in [2.24, 2.45) is 0 Å². The summed E-state index contributed by atoms with van der Waals surface area (Å²) in [5.41, 5.74) is 0. The third kappa shape index (κ3) is 3.51. The molecule has 1 amide bonds. The fourth-order valence-electron chi connectivity index (χ4n) is 3.11. The van der Waals surface area contributed by atoms with Gasteiger partial charge in [-0.2, -0.15) is 5.10 Å². The van der Waals surface area contributed by atoms with Gasteiger partial charge in [-0.25, -0.2) is 0 Å². The molecular formula is C17H22N4O2S. The number of likely N-dealkylation sites (tertiary alicyclic amines) is 1. The van der Waals surface area contributed by atoms with Crippen molar-refractivity contribution >= 4 is 24.2 Å².